The van der Waals surface area contributed by atoms with Crippen molar-refractivity contribution in [3.05, 3.63) is 35.4 Å². The number of benzene rings is 1. The molecule has 1 rings (SSSR count). The zero-order valence-corrected chi connectivity index (χ0v) is 10.8. The predicted octanol–water partition coefficient (Wildman–Crippen LogP) is 2.72. The number of methoxy groups -OCH3 is 1. The van der Waals surface area contributed by atoms with E-state index in [1.54, 1.807) is 7.11 Å². The van der Waals surface area contributed by atoms with Crippen molar-refractivity contribution in [1.29, 1.82) is 0 Å². The molecule has 0 spiro atoms. The maximum Gasteiger partial charge on any atom is 0.0549 e. The minimum atomic E-state index is 0.305. The summed E-state index contributed by atoms with van der Waals surface area (Å²) in [5.74, 6) is 0.528. The van der Waals surface area contributed by atoms with E-state index in [1.807, 2.05) is 7.05 Å². The van der Waals surface area contributed by atoms with Crippen LogP contribution >= 0.6 is 0 Å². The van der Waals surface area contributed by atoms with Crippen molar-refractivity contribution in [2.75, 3.05) is 20.7 Å². The maximum atomic E-state index is 5.34. The van der Waals surface area contributed by atoms with Crippen LogP contribution in [0, 0.1) is 6.92 Å². The Balaban J connectivity index is 2.72. The summed E-state index contributed by atoms with van der Waals surface area (Å²) in [4.78, 5) is 0. The van der Waals surface area contributed by atoms with Crippen LogP contribution in [-0.4, -0.2) is 26.8 Å². The van der Waals surface area contributed by atoms with Gasteiger partial charge in [0.05, 0.1) is 6.10 Å². The Morgan fingerprint density at radius 1 is 1.25 bits per heavy atom. The first kappa shape index (κ1) is 13.2. The monoisotopic (exact) mass is 221 g/mol. The van der Waals surface area contributed by atoms with Gasteiger partial charge in [0, 0.05) is 13.7 Å². The van der Waals surface area contributed by atoms with Gasteiger partial charge in [0.1, 0.15) is 0 Å². The Morgan fingerprint density at radius 2 is 1.88 bits per heavy atom. The van der Waals surface area contributed by atoms with E-state index in [9.17, 15) is 0 Å². The highest BCUT2D eigenvalue weighted by Crippen LogP contribution is 2.22. The summed E-state index contributed by atoms with van der Waals surface area (Å²) in [5, 5.41) is 3.25. The predicted molar refractivity (Wildman–Crippen MR) is 68.9 cm³/mol. The Hall–Kier alpha value is -0.860. The topological polar surface area (TPSA) is 21.3 Å². The summed E-state index contributed by atoms with van der Waals surface area (Å²) in [5.41, 5.74) is 2.70. The highest BCUT2D eigenvalue weighted by Gasteiger charge is 2.14. The summed E-state index contributed by atoms with van der Waals surface area (Å²) in [6.45, 7) is 5.24. The van der Waals surface area contributed by atoms with Gasteiger partial charge >= 0.3 is 0 Å². The van der Waals surface area contributed by atoms with Crippen LogP contribution in [0.4, 0.5) is 0 Å². The molecule has 0 bridgehead atoms. The average Bonchev–Trinajstić information content (AvgIpc) is 2.29. The summed E-state index contributed by atoms with van der Waals surface area (Å²) >= 11 is 0. The lowest BCUT2D eigenvalue weighted by atomic mass is 9.93. The van der Waals surface area contributed by atoms with Crippen LogP contribution < -0.4 is 5.32 Å². The third-order valence-corrected chi connectivity index (χ3v) is 3.02. The van der Waals surface area contributed by atoms with Crippen LogP contribution in [0.2, 0.25) is 0 Å². The van der Waals surface area contributed by atoms with Gasteiger partial charge in [0.2, 0.25) is 0 Å². The first-order valence-corrected chi connectivity index (χ1v) is 5.91. The van der Waals surface area contributed by atoms with Gasteiger partial charge in [-0.3, -0.25) is 0 Å². The molecule has 0 amide bonds. The molecule has 2 unspecified atom stereocenters. The van der Waals surface area contributed by atoms with Crippen molar-refractivity contribution in [3.63, 3.8) is 0 Å². The SMILES string of the molecule is CNCC(CC(C)OC)c1ccc(C)cc1. The van der Waals surface area contributed by atoms with Crippen LogP contribution in [0.1, 0.15) is 30.4 Å². The molecular formula is C14H23NO. The van der Waals surface area contributed by atoms with Gasteiger partial charge in [-0.2, -0.15) is 0 Å². The lowest BCUT2D eigenvalue weighted by Gasteiger charge is -2.20. The summed E-state index contributed by atoms with van der Waals surface area (Å²) in [6, 6.07) is 8.80. The molecule has 0 radical (unpaired) electrons. The summed E-state index contributed by atoms with van der Waals surface area (Å²) < 4.78 is 5.34. The van der Waals surface area contributed by atoms with Gasteiger partial charge in [0.15, 0.2) is 0 Å². The van der Waals surface area contributed by atoms with Crippen molar-refractivity contribution in [2.45, 2.75) is 32.3 Å². The van der Waals surface area contributed by atoms with Gasteiger partial charge < -0.3 is 10.1 Å². The summed E-state index contributed by atoms with van der Waals surface area (Å²) in [7, 11) is 3.77. The number of hydrogen-bond donors (Lipinski definition) is 1. The second-order valence-electron chi connectivity index (χ2n) is 4.45. The fraction of sp³-hybridized carbons (Fsp3) is 0.571. The Labute approximate surface area is 99.0 Å². The van der Waals surface area contributed by atoms with Gasteiger partial charge in [-0.05, 0) is 38.8 Å². The zero-order valence-electron chi connectivity index (χ0n) is 10.8. The number of hydrogen-bond acceptors (Lipinski definition) is 2. The smallest absolute Gasteiger partial charge is 0.0549 e. The fourth-order valence-electron chi connectivity index (χ4n) is 1.92. The number of likely N-dealkylation sites (N-methyl/N-ethyl adjacent to an activating group) is 1. The minimum absolute atomic E-state index is 0.305. The molecule has 0 aromatic heterocycles. The van der Waals surface area contributed by atoms with E-state index < -0.39 is 0 Å². The molecule has 2 atom stereocenters. The van der Waals surface area contributed by atoms with Crippen LogP contribution in [0.25, 0.3) is 0 Å². The fourth-order valence-corrected chi connectivity index (χ4v) is 1.92. The highest BCUT2D eigenvalue weighted by molar-refractivity contribution is 5.24. The molecule has 0 saturated carbocycles. The van der Waals surface area contributed by atoms with Crippen LogP contribution in [-0.2, 0) is 4.74 Å². The molecule has 0 aliphatic heterocycles. The molecule has 2 heteroatoms. The van der Waals surface area contributed by atoms with E-state index in [4.69, 9.17) is 4.74 Å². The van der Waals surface area contributed by atoms with Crippen LogP contribution in [0.15, 0.2) is 24.3 Å². The summed E-state index contributed by atoms with van der Waals surface area (Å²) in [6.07, 6.45) is 1.36. The Kier molecular flexibility index (Phi) is 5.50. The van der Waals surface area contributed by atoms with Crippen molar-refractivity contribution in [2.24, 2.45) is 0 Å². The Morgan fingerprint density at radius 3 is 2.38 bits per heavy atom. The van der Waals surface area contributed by atoms with E-state index in [2.05, 4.69) is 43.4 Å². The number of rotatable bonds is 6. The molecule has 0 aliphatic carbocycles. The molecule has 1 aromatic carbocycles. The van der Waals surface area contributed by atoms with Crippen molar-refractivity contribution >= 4 is 0 Å². The molecule has 1 aromatic rings. The second kappa shape index (κ2) is 6.66. The standard InChI is InChI=1S/C14H23NO/c1-11-5-7-13(8-6-11)14(10-15-3)9-12(2)16-4/h5-8,12,14-15H,9-10H2,1-4H3. The van der Waals surface area contributed by atoms with E-state index in [0.717, 1.165) is 13.0 Å². The molecule has 0 saturated heterocycles. The third kappa shape index (κ3) is 3.95. The maximum absolute atomic E-state index is 5.34. The van der Waals surface area contributed by atoms with Crippen molar-refractivity contribution < 1.29 is 4.74 Å². The number of nitrogens with one attached hydrogen (secondary N) is 1. The van der Waals surface area contributed by atoms with Crippen LogP contribution in [0.3, 0.4) is 0 Å². The van der Waals surface area contributed by atoms with Crippen molar-refractivity contribution in [1.82, 2.24) is 5.32 Å². The molecule has 0 heterocycles. The number of ether oxygens (including phenoxy) is 1. The highest BCUT2D eigenvalue weighted by atomic mass is 16.5. The van der Waals surface area contributed by atoms with Gasteiger partial charge in [0.25, 0.3) is 0 Å². The molecule has 2 nitrogen and oxygen atoms in total. The molecular weight excluding hydrogens is 198 g/mol. The van der Waals surface area contributed by atoms with Gasteiger partial charge in [-0.25, -0.2) is 0 Å². The molecule has 0 fully saturated rings. The van der Waals surface area contributed by atoms with Crippen molar-refractivity contribution in [3.8, 4) is 0 Å². The van der Waals surface area contributed by atoms with E-state index >= 15 is 0 Å². The van der Waals surface area contributed by atoms with Gasteiger partial charge in [-0.1, -0.05) is 29.8 Å². The Bertz CT molecular complexity index is 294. The molecule has 1 N–H and O–H groups in total. The average molecular weight is 221 g/mol. The van der Waals surface area contributed by atoms with Crippen LogP contribution in [0.5, 0.6) is 0 Å². The molecule has 90 valence electrons. The first-order chi connectivity index (χ1) is 7.67. The third-order valence-electron chi connectivity index (χ3n) is 3.02. The van der Waals surface area contributed by atoms with E-state index in [0.29, 0.717) is 12.0 Å². The van der Waals surface area contributed by atoms with E-state index in [1.165, 1.54) is 11.1 Å². The second-order valence-corrected chi connectivity index (χ2v) is 4.45. The lowest BCUT2D eigenvalue weighted by molar-refractivity contribution is 0.104. The van der Waals surface area contributed by atoms with E-state index in [-0.39, 0.29) is 0 Å². The first-order valence-electron chi connectivity index (χ1n) is 5.91. The largest absolute Gasteiger partial charge is 0.382 e. The molecule has 0 aliphatic rings. The number of aryl methyl sites for hydroxylation is 1. The normalized spacial score (nSPS) is 14.8. The lowest BCUT2D eigenvalue weighted by Crippen LogP contribution is -2.21. The zero-order chi connectivity index (χ0) is 12.0. The molecule has 16 heavy (non-hydrogen) atoms. The quantitative estimate of drug-likeness (QED) is 0.797. The van der Waals surface area contributed by atoms with Gasteiger partial charge in [-0.15, -0.1) is 0 Å². The minimum Gasteiger partial charge on any atom is -0.382 e.